The third-order valence-electron chi connectivity index (χ3n) is 1.95. The maximum atomic E-state index is 11.4. The molecule has 0 heterocycles. The molecule has 0 aliphatic rings. The molecule has 0 aromatic heterocycles. The van der Waals surface area contributed by atoms with E-state index in [1.165, 1.54) is 14.2 Å². The zero-order valence-electron chi connectivity index (χ0n) is 9.56. The molecule has 2 atom stereocenters. The van der Waals surface area contributed by atoms with Crippen LogP contribution < -0.4 is 16.8 Å². The maximum absolute atomic E-state index is 11.4. The summed E-state index contributed by atoms with van der Waals surface area (Å²) in [6.45, 7) is 0.636. The lowest BCUT2D eigenvalue weighted by Gasteiger charge is -2.16. The van der Waals surface area contributed by atoms with Crippen molar-refractivity contribution in [2.75, 3.05) is 27.4 Å². The lowest BCUT2D eigenvalue weighted by molar-refractivity contribution is -0.126. The Hall–Kier alpha value is -1.18. The minimum Gasteiger partial charge on any atom is -0.382 e. The Morgan fingerprint density at radius 2 is 2.00 bits per heavy atom. The molecule has 0 spiro atoms. The number of nitrogens with two attached hydrogens (primary N) is 2. The van der Waals surface area contributed by atoms with Gasteiger partial charge in [-0.3, -0.25) is 9.59 Å². The van der Waals surface area contributed by atoms with E-state index in [4.69, 9.17) is 20.9 Å². The summed E-state index contributed by atoms with van der Waals surface area (Å²) in [4.78, 5) is 21.9. The van der Waals surface area contributed by atoms with Crippen molar-refractivity contribution in [3.05, 3.63) is 0 Å². The molecule has 0 bridgehead atoms. The Balaban J connectivity index is 3.90. The highest BCUT2D eigenvalue weighted by Gasteiger charge is 2.17. The first kappa shape index (κ1) is 14.8. The molecular weight excluding hydrogens is 214 g/mol. The number of rotatable bonds is 8. The number of amides is 2. The van der Waals surface area contributed by atoms with Gasteiger partial charge in [0.2, 0.25) is 11.8 Å². The van der Waals surface area contributed by atoms with Crippen molar-refractivity contribution >= 4 is 11.8 Å². The molecule has 0 rings (SSSR count). The van der Waals surface area contributed by atoms with Gasteiger partial charge in [0.1, 0.15) is 0 Å². The van der Waals surface area contributed by atoms with Crippen LogP contribution in [0.2, 0.25) is 0 Å². The van der Waals surface area contributed by atoms with Gasteiger partial charge in [-0.1, -0.05) is 0 Å². The Morgan fingerprint density at radius 3 is 2.44 bits per heavy atom. The fourth-order valence-corrected chi connectivity index (χ4v) is 1.05. The van der Waals surface area contributed by atoms with Crippen molar-refractivity contribution in [1.29, 1.82) is 0 Å². The van der Waals surface area contributed by atoms with E-state index in [2.05, 4.69) is 5.32 Å². The maximum Gasteiger partial charge on any atom is 0.237 e. The summed E-state index contributed by atoms with van der Waals surface area (Å²) in [5.74, 6) is -1.04. The van der Waals surface area contributed by atoms with Gasteiger partial charge in [-0.2, -0.15) is 0 Å². The minimum atomic E-state index is -0.919. The van der Waals surface area contributed by atoms with Gasteiger partial charge >= 0.3 is 0 Å². The molecule has 0 saturated carbocycles. The molecule has 0 fully saturated rings. The molecule has 7 nitrogen and oxygen atoms in total. The molecule has 0 aliphatic carbocycles. The monoisotopic (exact) mass is 233 g/mol. The molecule has 0 saturated heterocycles. The van der Waals surface area contributed by atoms with Crippen LogP contribution in [0.1, 0.15) is 6.42 Å². The third kappa shape index (κ3) is 6.33. The summed E-state index contributed by atoms with van der Waals surface area (Å²) in [6, 6.07) is -0.919. The molecule has 16 heavy (non-hydrogen) atoms. The van der Waals surface area contributed by atoms with Crippen molar-refractivity contribution < 1.29 is 19.1 Å². The molecule has 2 amide bonds. The van der Waals surface area contributed by atoms with Crippen LogP contribution in [0.3, 0.4) is 0 Å². The van der Waals surface area contributed by atoms with Gasteiger partial charge in [-0.05, 0) is 0 Å². The van der Waals surface area contributed by atoms with E-state index in [-0.39, 0.29) is 19.1 Å². The van der Waals surface area contributed by atoms with Gasteiger partial charge in [0.05, 0.1) is 25.2 Å². The summed E-state index contributed by atoms with van der Waals surface area (Å²) in [7, 11) is 3.05. The van der Waals surface area contributed by atoms with Crippen molar-refractivity contribution in [1.82, 2.24) is 5.32 Å². The predicted octanol–water partition coefficient (Wildman–Crippen LogP) is -2.03. The van der Waals surface area contributed by atoms with Crippen molar-refractivity contribution in [2.24, 2.45) is 11.5 Å². The van der Waals surface area contributed by atoms with Crippen LogP contribution in [-0.4, -0.2) is 51.3 Å². The van der Waals surface area contributed by atoms with Crippen molar-refractivity contribution in [3.8, 4) is 0 Å². The molecular formula is C9H19N3O4. The largest absolute Gasteiger partial charge is 0.382 e. The summed E-state index contributed by atoms with van der Waals surface area (Å²) < 4.78 is 9.90. The second-order valence-corrected chi connectivity index (χ2v) is 3.34. The van der Waals surface area contributed by atoms with E-state index < -0.39 is 17.9 Å². The summed E-state index contributed by atoms with van der Waals surface area (Å²) in [6.07, 6.45) is -0.414. The quantitative estimate of drug-likeness (QED) is 0.447. The van der Waals surface area contributed by atoms with Crippen molar-refractivity contribution in [3.63, 3.8) is 0 Å². The van der Waals surface area contributed by atoms with Crippen LogP contribution in [0.25, 0.3) is 0 Å². The number of ether oxygens (including phenoxy) is 2. The Bertz CT molecular complexity index is 235. The average Bonchev–Trinajstić information content (AvgIpc) is 2.22. The fourth-order valence-electron chi connectivity index (χ4n) is 1.05. The summed E-state index contributed by atoms with van der Waals surface area (Å²) in [5.41, 5.74) is 10.4. The van der Waals surface area contributed by atoms with Crippen LogP contribution in [0.4, 0.5) is 0 Å². The van der Waals surface area contributed by atoms with Crippen molar-refractivity contribution in [2.45, 2.75) is 18.6 Å². The van der Waals surface area contributed by atoms with E-state index in [9.17, 15) is 9.59 Å². The smallest absolute Gasteiger partial charge is 0.237 e. The van der Waals surface area contributed by atoms with Gasteiger partial charge < -0.3 is 26.3 Å². The van der Waals surface area contributed by atoms with Crippen LogP contribution >= 0.6 is 0 Å². The number of methoxy groups -OCH3 is 2. The topological polar surface area (TPSA) is 117 Å². The van der Waals surface area contributed by atoms with Gasteiger partial charge in [-0.25, -0.2) is 0 Å². The first-order chi connectivity index (χ1) is 7.51. The van der Waals surface area contributed by atoms with Gasteiger partial charge in [0.25, 0.3) is 0 Å². The number of carbonyl (C=O) groups is 2. The van der Waals surface area contributed by atoms with Crippen LogP contribution in [0.5, 0.6) is 0 Å². The van der Waals surface area contributed by atoms with E-state index in [1.54, 1.807) is 0 Å². The van der Waals surface area contributed by atoms with E-state index in [0.717, 1.165) is 0 Å². The summed E-state index contributed by atoms with van der Waals surface area (Å²) in [5, 5.41) is 2.55. The Kier molecular flexibility index (Phi) is 7.44. The minimum absolute atomic E-state index is 0.173. The van der Waals surface area contributed by atoms with E-state index in [1.807, 2.05) is 0 Å². The number of hydrogen-bond acceptors (Lipinski definition) is 5. The Morgan fingerprint density at radius 1 is 1.38 bits per heavy atom. The van der Waals surface area contributed by atoms with Gasteiger partial charge in [-0.15, -0.1) is 0 Å². The van der Waals surface area contributed by atoms with Crippen LogP contribution in [-0.2, 0) is 19.1 Å². The van der Waals surface area contributed by atoms with Gasteiger partial charge in [0, 0.05) is 20.8 Å². The average molecular weight is 233 g/mol. The number of primary amides is 1. The van der Waals surface area contributed by atoms with Crippen LogP contribution in [0, 0.1) is 0 Å². The first-order valence-corrected chi connectivity index (χ1v) is 4.84. The second-order valence-electron chi connectivity index (χ2n) is 3.34. The van der Waals surface area contributed by atoms with E-state index >= 15 is 0 Å². The zero-order valence-corrected chi connectivity index (χ0v) is 9.56. The lowest BCUT2D eigenvalue weighted by Crippen LogP contribution is -2.46. The predicted molar refractivity (Wildman–Crippen MR) is 57.5 cm³/mol. The number of hydrogen-bond donors (Lipinski definition) is 3. The molecule has 5 N–H and O–H groups in total. The standard InChI is InChI=1S/C9H19N3O4/c1-15-5-6(16-2)4-12-9(14)7(10)3-8(11)13/h6-7H,3-5,10H2,1-2H3,(H2,11,13)(H,12,14). The normalized spacial score (nSPS) is 14.2. The highest BCUT2D eigenvalue weighted by Crippen LogP contribution is 1.91. The zero-order chi connectivity index (χ0) is 12.6. The van der Waals surface area contributed by atoms with Crippen LogP contribution in [0.15, 0.2) is 0 Å². The number of carbonyl (C=O) groups excluding carboxylic acids is 2. The Labute approximate surface area is 94.4 Å². The number of nitrogens with one attached hydrogen (secondary N) is 1. The first-order valence-electron chi connectivity index (χ1n) is 4.84. The summed E-state index contributed by atoms with van der Waals surface area (Å²) >= 11 is 0. The molecule has 0 aromatic rings. The SMILES string of the molecule is COCC(CNC(=O)C(N)CC(N)=O)OC. The second kappa shape index (κ2) is 8.03. The molecule has 0 radical (unpaired) electrons. The van der Waals surface area contributed by atoms with E-state index in [0.29, 0.717) is 6.61 Å². The highest BCUT2D eigenvalue weighted by molar-refractivity contribution is 5.87. The molecule has 0 aliphatic heterocycles. The molecule has 2 unspecified atom stereocenters. The third-order valence-corrected chi connectivity index (χ3v) is 1.95. The fraction of sp³-hybridized carbons (Fsp3) is 0.778. The molecule has 94 valence electrons. The lowest BCUT2D eigenvalue weighted by atomic mass is 10.2. The highest BCUT2D eigenvalue weighted by atomic mass is 16.5. The molecule has 0 aromatic carbocycles. The molecule has 7 heteroatoms. The van der Waals surface area contributed by atoms with Gasteiger partial charge in [0.15, 0.2) is 0 Å².